The van der Waals surface area contributed by atoms with Crippen molar-refractivity contribution in [1.82, 2.24) is 9.97 Å². The van der Waals surface area contributed by atoms with Crippen LogP contribution in [0.2, 0.25) is 5.28 Å². The normalized spacial score (nSPS) is 9.64. The number of halogens is 1. The monoisotopic (exact) mass is 173 g/mol. The number of aliphatic hydroxyl groups excluding tert-OH is 1. The predicted octanol–water partition coefficient (Wildman–Crippen LogP) is 0.534. The van der Waals surface area contributed by atoms with Gasteiger partial charge < -0.3 is 10.4 Å². The SMILES string of the molecule is OCCNc1ccnc(Cl)n1. The lowest BCUT2D eigenvalue weighted by molar-refractivity contribution is 0.311. The quantitative estimate of drug-likeness (QED) is 0.655. The molecule has 0 saturated heterocycles. The topological polar surface area (TPSA) is 58.0 Å². The minimum absolute atomic E-state index is 0.0711. The third-order valence-electron chi connectivity index (χ3n) is 1.04. The average Bonchev–Trinajstić information content (AvgIpc) is 2.01. The van der Waals surface area contributed by atoms with E-state index in [-0.39, 0.29) is 11.9 Å². The first-order valence-corrected chi connectivity index (χ1v) is 3.54. The second-order valence-corrected chi connectivity index (χ2v) is 2.20. The van der Waals surface area contributed by atoms with Gasteiger partial charge in [-0.3, -0.25) is 0 Å². The molecule has 60 valence electrons. The summed E-state index contributed by atoms with van der Waals surface area (Å²) in [6.07, 6.45) is 1.55. The Hall–Kier alpha value is -0.870. The summed E-state index contributed by atoms with van der Waals surface area (Å²) >= 11 is 5.50. The van der Waals surface area contributed by atoms with Gasteiger partial charge in [-0.2, -0.15) is 0 Å². The summed E-state index contributed by atoms with van der Waals surface area (Å²) in [5.41, 5.74) is 0. The van der Waals surface area contributed by atoms with E-state index in [0.29, 0.717) is 12.4 Å². The molecule has 0 atom stereocenters. The van der Waals surface area contributed by atoms with E-state index >= 15 is 0 Å². The number of anilines is 1. The van der Waals surface area contributed by atoms with E-state index in [2.05, 4.69) is 15.3 Å². The fourth-order valence-corrected chi connectivity index (χ4v) is 0.765. The molecule has 0 aliphatic rings. The van der Waals surface area contributed by atoms with Crippen molar-refractivity contribution in [1.29, 1.82) is 0 Å². The summed E-state index contributed by atoms with van der Waals surface area (Å²) in [6, 6.07) is 1.68. The van der Waals surface area contributed by atoms with Crippen molar-refractivity contribution in [3.63, 3.8) is 0 Å². The number of aliphatic hydroxyl groups is 1. The van der Waals surface area contributed by atoms with Crippen molar-refractivity contribution in [2.45, 2.75) is 0 Å². The van der Waals surface area contributed by atoms with Crippen LogP contribution in [-0.4, -0.2) is 28.2 Å². The third-order valence-corrected chi connectivity index (χ3v) is 1.23. The molecule has 0 aromatic carbocycles. The minimum Gasteiger partial charge on any atom is -0.395 e. The van der Waals surface area contributed by atoms with E-state index < -0.39 is 0 Å². The standard InChI is InChI=1S/C6H8ClN3O/c7-6-9-2-1-5(10-6)8-3-4-11/h1-2,11H,3-4H2,(H,8,9,10). The molecule has 0 aliphatic heterocycles. The van der Waals surface area contributed by atoms with Crippen molar-refractivity contribution in [2.24, 2.45) is 0 Å². The van der Waals surface area contributed by atoms with Gasteiger partial charge in [0.2, 0.25) is 5.28 Å². The molecule has 0 spiro atoms. The van der Waals surface area contributed by atoms with Crippen LogP contribution in [0.5, 0.6) is 0 Å². The molecule has 1 aromatic rings. The van der Waals surface area contributed by atoms with Crippen LogP contribution < -0.4 is 5.32 Å². The molecule has 4 nitrogen and oxygen atoms in total. The van der Waals surface area contributed by atoms with Crippen LogP contribution in [0.4, 0.5) is 5.82 Å². The van der Waals surface area contributed by atoms with Gasteiger partial charge in [-0.25, -0.2) is 9.97 Å². The Bertz CT molecular complexity index is 231. The Morgan fingerprint density at radius 3 is 3.09 bits per heavy atom. The molecule has 1 heterocycles. The highest BCUT2D eigenvalue weighted by Crippen LogP contribution is 2.04. The molecule has 5 heteroatoms. The highest BCUT2D eigenvalue weighted by Gasteiger charge is 1.93. The molecule has 0 bridgehead atoms. The lowest BCUT2D eigenvalue weighted by Gasteiger charge is -2.01. The summed E-state index contributed by atoms with van der Waals surface area (Å²) in [6.45, 7) is 0.537. The van der Waals surface area contributed by atoms with E-state index in [4.69, 9.17) is 16.7 Å². The van der Waals surface area contributed by atoms with Crippen LogP contribution in [-0.2, 0) is 0 Å². The molecule has 0 amide bonds. The second-order valence-electron chi connectivity index (χ2n) is 1.86. The summed E-state index contributed by atoms with van der Waals surface area (Å²) in [4.78, 5) is 7.54. The van der Waals surface area contributed by atoms with Gasteiger partial charge in [-0.05, 0) is 17.7 Å². The Labute approximate surface area is 69.2 Å². The van der Waals surface area contributed by atoms with Crippen LogP contribution in [0.15, 0.2) is 12.3 Å². The molecule has 0 saturated carbocycles. The van der Waals surface area contributed by atoms with Crippen LogP contribution in [0, 0.1) is 0 Å². The maximum atomic E-state index is 8.46. The number of nitrogens with one attached hydrogen (secondary N) is 1. The number of hydrogen-bond donors (Lipinski definition) is 2. The van der Waals surface area contributed by atoms with Crippen molar-refractivity contribution in [3.05, 3.63) is 17.5 Å². The maximum absolute atomic E-state index is 8.46. The lowest BCUT2D eigenvalue weighted by atomic mass is 10.5. The van der Waals surface area contributed by atoms with Crippen molar-refractivity contribution in [3.8, 4) is 0 Å². The summed E-state index contributed by atoms with van der Waals surface area (Å²) in [7, 11) is 0. The van der Waals surface area contributed by atoms with Crippen LogP contribution in [0.1, 0.15) is 0 Å². The van der Waals surface area contributed by atoms with Crippen LogP contribution >= 0.6 is 11.6 Å². The highest BCUT2D eigenvalue weighted by atomic mass is 35.5. The van der Waals surface area contributed by atoms with Gasteiger partial charge >= 0.3 is 0 Å². The predicted molar refractivity (Wildman–Crippen MR) is 42.6 cm³/mol. The molecule has 11 heavy (non-hydrogen) atoms. The molecule has 0 radical (unpaired) electrons. The Balaban J connectivity index is 2.56. The molecular weight excluding hydrogens is 166 g/mol. The van der Waals surface area contributed by atoms with Crippen LogP contribution in [0.3, 0.4) is 0 Å². The number of aromatic nitrogens is 2. The maximum Gasteiger partial charge on any atom is 0.224 e. The largest absolute Gasteiger partial charge is 0.395 e. The Morgan fingerprint density at radius 2 is 2.45 bits per heavy atom. The van der Waals surface area contributed by atoms with Crippen molar-refractivity contribution < 1.29 is 5.11 Å². The molecule has 1 rings (SSSR count). The van der Waals surface area contributed by atoms with E-state index in [1.54, 1.807) is 12.3 Å². The zero-order valence-electron chi connectivity index (χ0n) is 5.79. The van der Waals surface area contributed by atoms with E-state index in [0.717, 1.165) is 0 Å². The van der Waals surface area contributed by atoms with Gasteiger partial charge in [0.25, 0.3) is 0 Å². The Morgan fingerprint density at radius 1 is 1.64 bits per heavy atom. The van der Waals surface area contributed by atoms with Crippen molar-refractivity contribution >= 4 is 17.4 Å². The Kier molecular flexibility index (Phi) is 3.07. The highest BCUT2D eigenvalue weighted by molar-refractivity contribution is 6.28. The van der Waals surface area contributed by atoms with Gasteiger partial charge in [-0.1, -0.05) is 0 Å². The first-order valence-electron chi connectivity index (χ1n) is 3.16. The van der Waals surface area contributed by atoms with Gasteiger partial charge in [0.05, 0.1) is 6.61 Å². The van der Waals surface area contributed by atoms with Gasteiger partial charge in [0, 0.05) is 12.7 Å². The number of rotatable bonds is 3. The second kappa shape index (κ2) is 4.10. The van der Waals surface area contributed by atoms with Crippen molar-refractivity contribution in [2.75, 3.05) is 18.5 Å². The van der Waals surface area contributed by atoms with Gasteiger partial charge in [0.15, 0.2) is 0 Å². The number of nitrogens with zero attached hydrogens (tertiary/aromatic N) is 2. The first-order chi connectivity index (χ1) is 5.33. The van der Waals surface area contributed by atoms with E-state index in [9.17, 15) is 0 Å². The number of hydrogen-bond acceptors (Lipinski definition) is 4. The fraction of sp³-hybridized carbons (Fsp3) is 0.333. The molecular formula is C6H8ClN3O. The molecule has 0 aliphatic carbocycles. The van der Waals surface area contributed by atoms with E-state index in [1.165, 1.54) is 0 Å². The molecule has 1 aromatic heterocycles. The zero-order valence-corrected chi connectivity index (χ0v) is 6.54. The summed E-state index contributed by atoms with van der Waals surface area (Å²) in [5, 5.41) is 11.5. The molecule has 0 fully saturated rings. The third kappa shape index (κ3) is 2.69. The smallest absolute Gasteiger partial charge is 0.224 e. The fourth-order valence-electron chi connectivity index (χ4n) is 0.617. The molecule has 2 N–H and O–H groups in total. The van der Waals surface area contributed by atoms with Crippen LogP contribution in [0.25, 0.3) is 0 Å². The first kappa shape index (κ1) is 8.23. The minimum atomic E-state index is 0.0711. The molecule has 0 unspecified atom stereocenters. The summed E-state index contributed by atoms with van der Waals surface area (Å²) in [5.74, 6) is 0.624. The van der Waals surface area contributed by atoms with Gasteiger partial charge in [0.1, 0.15) is 5.82 Å². The lowest BCUT2D eigenvalue weighted by Crippen LogP contribution is -2.06. The van der Waals surface area contributed by atoms with E-state index in [1.807, 2.05) is 0 Å². The zero-order chi connectivity index (χ0) is 8.10. The summed E-state index contributed by atoms with van der Waals surface area (Å²) < 4.78 is 0. The van der Waals surface area contributed by atoms with Gasteiger partial charge in [-0.15, -0.1) is 0 Å². The average molecular weight is 174 g/mol.